The van der Waals surface area contributed by atoms with E-state index in [1.54, 1.807) is 31.2 Å². The molecule has 3 N–H and O–H groups in total. The Bertz CT molecular complexity index is 959. The fraction of sp³-hybridized carbons (Fsp3) is 0.273. The molecule has 0 unspecified atom stereocenters. The molecule has 0 aliphatic rings. The highest BCUT2D eigenvalue weighted by molar-refractivity contribution is 6.35. The van der Waals surface area contributed by atoms with Crippen LogP contribution in [-0.4, -0.2) is 43.7 Å². The monoisotopic (exact) mass is 426 g/mol. The lowest BCUT2D eigenvalue weighted by Crippen LogP contribution is -2.37. The zero-order valence-corrected chi connectivity index (χ0v) is 17.7. The van der Waals surface area contributed by atoms with Gasteiger partial charge in [-0.05, 0) is 62.2 Å². The zero-order valence-electron chi connectivity index (χ0n) is 17.7. The standard InChI is InChI=1S/C22H26N4O5/c1-4-23-21(28)22(29)26-24-13-16-9-10-18(19(12-16)30-5-2)31-14-20(27)25-17-8-6-7-15(3)11-17/h6-13H,4-5,14H2,1-3H3,(H,23,28)(H,25,27)(H,26,29)/b24-13-. The molecule has 0 atom stereocenters. The number of benzene rings is 2. The maximum atomic E-state index is 12.2. The Morgan fingerprint density at radius 3 is 2.52 bits per heavy atom. The zero-order chi connectivity index (χ0) is 22.6. The number of rotatable bonds is 9. The van der Waals surface area contributed by atoms with Crippen LogP contribution in [0, 0.1) is 6.92 Å². The third-order valence-electron chi connectivity index (χ3n) is 3.85. The SMILES string of the molecule is CCNC(=O)C(=O)N/N=C\c1ccc(OCC(=O)Nc2cccc(C)c2)c(OCC)c1. The minimum absolute atomic E-state index is 0.190. The van der Waals surface area contributed by atoms with Gasteiger partial charge < -0.3 is 20.1 Å². The number of aryl methyl sites for hydroxylation is 1. The minimum Gasteiger partial charge on any atom is -0.490 e. The third-order valence-corrected chi connectivity index (χ3v) is 3.85. The van der Waals surface area contributed by atoms with Crippen molar-refractivity contribution in [2.45, 2.75) is 20.8 Å². The summed E-state index contributed by atoms with van der Waals surface area (Å²) in [6.07, 6.45) is 1.37. The van der Waals surface area contributed by atoms with Crippen molar-refractivity contribution in [2.75, 3.05) is 25.1 Å². The van der Waals surface area contributed by atoms with Gasteiger partial charge in [0.1, 0.15) is 0 Å². The van der Waals surface area contributed by atoms with E-state index in [0.29, 0.717) is 35.9 Å². The number of nitrogens with one attached hydrogen (secondary N) is 3. The van der Waals surface area contributed by atoms with E-state index in [1.165, 1.54) is 6.21 Å². The van der Waals surface area contributed by atoms with Gasteiger partial charge in [0, 0.05) is 12.2 Å². The minimum atomic E-state index is -0.859. The van der Waals surface area contributed by atoms with Crippen molar-refractivity contribution in [3.8, 4) is 11.5 Å². The molecular formula is C22H26N4O5. The van der Waals surface area contributed by atoms with Gasteiger partial charge in [-0.1, -0.05) is 12.1 Å². The quantitative estimate of drug-likeness (QED) is 0.322. The first-order valence-corrected chi connectivity index (χ1v) is 9.80. The second kappa shape index (κ2) is 12.0. The number of amides is 3. The number of hydrogen-bond acceptors (Lipinski definition) is 6. The van der Waals surface area contributed by atoms with Crippen LogP contribution in [-0.2, 0) is 14.4 Å². The Morgan fingerprint density at radius 1 is 1.00 bits per heavy atom. The lowest BCUT2D eigenvalue weighted by molar-refractivity contribution is -0.139. The van der Waals surface area contributed by atoms with Gasteiger partial charge in [0.2, 0.25) is 0 Å². The molecule has 9 nitrogen and oxygen atoms in total. The molecule has 0 aliphatic heterocycles. The Labute approximate surface area is 180 Å². The van der Waals surface area contributed by atoms with Crippen molar-refractivity contribution in [1.29, 1.82) is 0 Å². The summed E-state index contributed by atoms with van der Waals surface area (Å²) in [7, 11) is 0. The van der Waals surface area contributed by atoms with Crippen molar-refractivity contribution in [3.05, 3.63) is 53.6 Å². The van der Waals surface area contributed by atoms with Crippen LogP contribution in [0.1, 0.15) is 25.0 Å². The van der Waals surface area contributed by atoms with Crippen LogP contribution in [0.5, 0.6) is 11.5 Å². The summed E-state index contributed by atoms with van der Waals surface area (Å²) < 4.78 is 11.2. The number of nitrogens with zero attached hydrogens (tertiary/aromatic N) is 1. The number of anilines is 1. The van der Waals surface area contributed by atoms with E-state index in [2.05, 4.69) is 21.2 Å². The number of hydrazone groups is 1. The molecule has 0 heterocycles. The van der Waals surface area contributed by atoms with Crippen LogP contribution in [0.15, 0.2) is 47.6 Å². The van der Waals surface area contributed by atoms with Crippen molar-refractivity contribution in [1.82, 2.24) is 10.7 Å². The maximum absolute atomic E-state index is 12.2. The summed E-state index contributed by atoms with van der Waals surface area (Å²) in [4.78, 5) is 35.1. The molecule has 0 saturated heterocycles. The van der Waals surface area contributed by atoms with E-state index in [9.17, 15) is 14.4 Å². The summed E-state index contributed by atoms with van der Waals surface area (Å²) >= 11 is 0. The number of carbonyl (C=O) groups excluding carboxylic acids is 3. The number of carbonyl (C=O) groups is 3. The molecule has 0 fully saturated rings. The van der Waals surface area contributed by atoms with Crippen molar-refractivity contribution in [2.24, 2.45) is 5.10 Å². The van der Waals surface area contributed by atoms with Crippen LogP contribution < -0.4 is 25.5 Å². The molecular weight excluding hydrogens is 400 g/mol. The third kappa shape index (κ3) is 7.81. The van der Waals surface area contributed by atoms with Crippen LogP contribution >= 0.6 is 0 Å². The second-order valence-corrected chi connectivity index (χ2v) is 6.40. The van der Waals surface area contributed by atoms with Gasteiger partial charge in [0.25, 0.3) is 5.91 Å². The highest BCUT2D eigenvalue weighted by Crippen LogP contribution is 2.28. The summed E-state index contributed by atoms with van der Waals surface area (Å²) in [6.45, 7) is 6.01. The fourth-order valence-corrected chi connectivity index (χ4v) is 2.51. The first kappa shape index (κ1) is 23.4. The van der Waals surface area contributed by atoms with E-state index in [0.717, 1.165) is 5.56 Å². The van der Waals surface area contributed by atoms with Crippen LogP contribution in [0.4, 0.5) is 5.69 Å². The molecule has 31 heavy (non-hydrogen) atoms. The Hall–Kier alpha value is -3.88. The first-order chi connectivity index (χ1) is 14.9. The molecule has 0 radical (unpaired) electrons. The van der Waals surface area contributed by atoms with E-state index >= 15 is 0 Å². The molecule has 0 bridgehead atoms. The lowest BCUT2D eigenvalue weighted by Gasteiger charge is -2.13. The Kier molecular flexibility index (Phi) is 9.03. The number of hydrogen-bond donors (Lipinski definition) is 3. The van der Waals surface area contributed by atoms with Gasteiger partial charge in [-0.2, -0.15) is 5.10 Å². The summed E-state index contributed by atoms with van der Waals surface area (Å²) in [5, 5.41) is 8.91. The molecule has 9 heteroatoms. The molecule has 0 spiro atoms. The average molecular weight is 426 g/mol. The molecule has 0 aromatic heterocycles. The summed E-state index contributed by atoms with van der Waals surface area (Å²) in [6, 6.07) is 12.4. The molecule has 2 aromatic carbocycles. The maximum Gasteiger partial charge on any atom is 0.329 e. The average Bonchev–Trinajstić information content (AvgIpc) is 2.73. The van der Waals surface area contributed by atoms with Gasteiger partial charge in [-0.3, -0.25) is 14.4 Å². The van der Waals surface area contributed by atoms with Gasteiger partial charge in [-0.15, -0.1) is 0 Å². The number of ether oxygens (including phenoxy) is 2. The van der Waals surface area contributed by atoms with Crippen molar-refractivity contribution >= 4 is 29.6 Å². The highest BCUT2D eigenvalue weighted by Gasteiger charge is 2.11. The van der Waals surface area contributed by atoms with E-state index in [4.69, 9.17) is 9.47 Å². The highest BCUT2D eigenvalue weighted by atomic mass is 16.5. The van der Waals surface area contributed by atoms with E-state index < -0.39 is 11.8 Å². The fourth-order valence-electron chi connectivity index (χ4n) is 2.51. The first-order valence-electron chi connectivity index (χ1n) is 9.80. The van der Waals surface area contributed by atoms with Crippen LogP contribution in [0.3, 0.4) is 0 Å². The predicted molar refractivity (Wildman–Crippen MR) is 117 cm³/mol. The van der Waals surface area contributed by atoms with Crippen molar-refractivity contribution < 1.29 is 23.9 Å². The molecule has 2 aromatic rings. The van der Waals surface area contributed by atoms with Gasteiger partial charge in [-0.25, -0.2) is 5.43 Å². The van der Waals surface area contributed by atoms with Crippen LogP contribution in [0.25, 0.3) is 0 Å². The topological polar surface area (TPSA) is 118 Å². The van der Waals surface area contributed by atoms with E-state index in [1.807, 2.05) is 32.0 Å². The Morgan fingerprint density at radius 2 is 1.81 bits per heavy atom. The molecule has 0 saturated carbocycles. The van der Waals surface area contributed by atoms with Gasteiger partial charge in [0.05, 0.1) is 12.8 Å². The van der Waals surface area contributed by atoms with E-state index in [-0.39, 0.29) is 12.5 Å². The predicted octanol–water partition coefficient (Wildman–Crippen LogP) is 2.00. The van der Waals surface area contributed by atoms with Crippen molar-refractivity contribution in [3.63, 3.8) is 0 Å². The largest absolute Gasteiger partial charge is 0.490 e. The summed E-state index contributed by atoms with van der Waals surface area (Å²) in [5.74, 6) is -1.11. The second-order valence-electron chi connectivity index (χ2n) is 6.40. The smallest absolute Gasteiger partial charge is 0.329 e. The molecule has 164 valence electrons. The number of likely N-dealkylation sites (N-methyl/N-ethyl adjacent to an activating group) is 1. The van der Waals surface area contributed by atoms with Crippen LogP contribution in [0.2, 0.25) is 0 Å². The lowest BCUT2D eigenvalue weighted by atomic mass is 10.2. The summed E-state index contributed by atoms with van der Waals surface area (Å²) in [5.41, 5.74) is 4.48. The molecule has 3 amide bonds. The Balaban J connectivity index is 1.97. The normalized spacial score (nSPS) is 10.4. The van der Waals surface area contributed by atoms with Gasteiger partial charge >= 0.3 is 11.8 Å². The molecule has 2 rings (SSSR count). The molecule has 0 aliphatic carbocycles. The van der Waals surface area contributed by atoms with Gasteiger partial charge in [0.15, 0.2) is 18.1 Å².